The van der Waals surface area contributed by atoms with Crippen LogP contribution in [0.25, 0.3) is 23.0 Å². The first-order chi connectivity index (χ1) is 18.0. The van der Waals surface area contributed by atoms with Crippen molar-refractivity contribution in [1.82, 2.24) is 15.1 Å². The SMILES string of the molecule is COc1ccc(CCNC(=O)COC(=O)C=Cc2cn(-c3ccccc3)nc2-c2ccc(Cl)cc2)cc1. The summed E-state index contributed by atoms with van der Waals surface area (Å²) in [5.41, 5.74) is 4.19. The first-order valence-electron chi connectivity index (χ1n) is 11.7. The number of carbonyl (C=O) groups excluding carboxylic acids is 2. The van der Waals surface area contributed by atoms with E-state index in [-0.39, 0.29) is 12.5 Å². The molecule has 37 heavy (non-hydrogen) atoms. The fourth-order valence-electron chi connectivity index (χ4n) is 3.59. The summed E-state index contributed by atoms with van der Waals surface area (Å²) in [4.78, 5) is 24.4. The van der Waals surface area contributed by atoms with Crippen LogP contribution in [-0.4, -0.2) is 41.9 Å². The van der Waals surface area contributed by atoms with Gasteiger partial charge in [-0.15, -0.1) is 0 Å². The van der Waals surface area contributed by atoms with Gasteiger partial charge in [0.25, 0.3) is 5.91 Å². The van der Waals surface area contributed by atoms with E-state index in [1.165, 1.54) is 6.08 Å². The summed E-state index contributed by atoms with van der Waals surface area (Å²) in [7, 11) is 1.61. The number of methoxy groups -OCH3 is 1. The van der Waals surface area contributed by atoms with Crippen molar-refractivity contribution in [2.45, 2.75) is 6.42 Å². The maximum absolute atomic E-state index is 12.3. The zero-order valence-corrected chi connectivity index (χ0v) is 21.0. The van der Waals surface area contributed by atoms with Crippen LogP contribution in [0.1, 0.15) is 11.1 Å². The lowest BCUT2D eigenvalue weighted by atomic mass is 10.1. The number of benzene rings is 3. The molecule has 0 aliphatic heterocycles. The van der Waals surface area contributed by atoms with Gasteiger partial charge in [-0.3, -0.25) is 4.79 Å². The lowest BCUT2D eigenvalue weighted by Gasteiger charge is -2.06. The third-order valence-electron chi connectivity index (χ3n) is 5.52. The molecule has 1 heterocycles. The van der Waals surface area contributed by atoms with Crippen molar-refractivity contribution in [2.24, 2.45) is 0 Å². The highest BCUT2D eigenvalue weighted by Crippen LogP contribution is 2.26. The molecule has 0 saturated carbocycles. The Bertz CT molecular complexity index is 1360. The monoisotopic (exact) mass is 515 g/mol. The number of nitrogens with one attached hydrogen (secondary N) is 1. The van der Waals surface area contributed by atoms with Crippen molar-refractivity contribution in [3.05, 3.63) is 107 Å². The molecule has 0 atom stereocenters. The highest BCUT2D eigenvalue weighted by molar-refractivity contribution is 6.30. The van der Waals surface area contributed by atoms with Gasteiger partial charge in [-0.2, -0.15) is 5.10 Å². The summed E-state index contributed by atoms with van der Waals surface area (Å²) in [6, 6.07) is 24.6. The second-order valence-electron chi connectivity index (χ2n) is 8.11. The molecule has 3 aromatic carbocycles. The average molecular weight is 516 g/mol. The number of rotatable bonds is 10. The maximum atomic E-state index is 12.3. The van der Waals surface area contributed by atoms with E-state index in [1.807, 2.05) is 72.9 Å². The van der Waals surface area contributed by atoms with Crippen LogP contribution in [0.2, 0.25) is 5.02 Å². The molecular formula is C29H26ClN3O4. The lowest BCUT2D eigenvalue weighted by molar-refractivity contribution is -0.143. The molecule has 0 radical (unpaired) electrons. The van der Waals surface area contributed by atoms with Gasteiger partial charge in [-0.25, -0.2) is 9.48 Å². The van der Waals surface area contributed by atoms with Gasteiger partial charge in [-0.05, 0) is 54.5 Å². The van der Waals surface area contributed by atoms with Crippen molar-refractivity contribution in [1.29, 1.82) is 0 Å². The molecule has 0 spiro atoms. The van der Waals surface area contributed by atoms with E-state index in [1.54, 1.807) is 30.0 Å². The smallest absolute Gasteiger partial charge is 0.331 e. The first kappa shape index (κ1) is 25.7. The second-order valence-corrected chi connectivity index (χ2v) is 8.55. The zero-order chi connectivity index (χ0) is 26.0. The lowest BCUT2D eigenvalue weighted by Crippen LogP contribution is -2.30. The molecule has 7 nitrogen and oxygen atoms in total. The number of hydrogen-bond acceptors (Lipinski definition) is 5. The van der Waals surface area contributed by atoms with Gasteiger partial charge in [0, 0.05) is 35.0 Å². The number of carbonyl (C=O) groups is 2. The number of para-hydroxylation sites is 1. The van der Waals surface area contributed by atoms with Crippen LogP contribution in [0, 0.1) is 0 Å². The van der Waals surface area contributed by atoms with Crippen molar-refractivity contribution in [3.63, 3.8) is 0 Å². The zero-order valence-electron chi connectivity index (χ0n) is 20.3. The van der Waals surface area contributed by atoms with Gasteiger partial charge in [0.15, 0.2) is 6.61 Å². The summed E-state index contributed by atoms with van der Waals surface area (Å²) < 4.78 is 12.0. The molecule has 4 aromatic rings. The molecule has 1 amide bonds. The van der Waals surface area contributed by atoms with E-state index in [0.717, 1.165) is 22.6 Å². The van der Waals surface area contributed by atoms with E-state index in [0.29, 0.717) is 29.2 Å². The Morgan fingerprint density at radius 3 is 2.43 bits per heavy atom. The molecule has 188 valence electrons. The van der Waals surface area contributed by atoms with Crippen LogP contribution in [-0.2, 0) is 20.7 Å². The first-order valence-corrected chi connectivity index (χ1v) is 12.0. The molecule has 1 aromatic heterocycles. The number of amides is 1. The van der Waals surface area contributed by atoms with Crippen LogP contribution >= 0.6 is 11.6 Å². The quantitative estimate of drug-likeness (QED) is 0.234. The topological polar surface area (TPSA) is 82.5 Å². The predicted molar refractivity (Wildman–Crippen MR) is 144 cm³/mol. The molecule has 0 bridgehead atoms. The van der Waals surface area contributed by atoms with Crippen LogP contribution in [0.4, 0.5) is 0 Å². The Morgan fingerprint density at radius 1 is 1.00 bits per heavy atom. The summed E-state index contributed by atoms with van der Waals surface area (Å²) in [6.45, 7) is 0.0702. The minimum Gasteiger partial charge on any atom is -0.497 e. The predicted octanol–water partition coefficient (Wildman–Crippen LogP) is 5.12. The van der Waals surface area contributed by atoms with E-state index in [9.17, 15) is 9.59 Å². The van der Waals surface area contributed by atoms with Crippen LogP contribution in [0.15, 0.2) is 91.1 Å². The van der Waals surface area contributed by atoms with Crippen LogP contribution in [0.5, 0.6) is 5.75 Å². The Hall–Kier alpha value is -4.36. The third kappa shape index (κ3) is 7.32. The van der Waals surface area contributed by atoms with E-state index in [2.05, 4.69) is 5.32 Å². The van der Waals surface area contributed by atoms with E-state index >= 15 is 0 Å². The highest BCUT2D eigenvalue weighted by Gasteiger charge is 2.12. The van der Waals surface area contributed by atoms with Crippen molar-refractivity contribution in [2.75, 3.05) is 20.3 Å². The van der Waals surface area contributed by atoms with Gasteiger partial charge < -0.3 is 14.8 Å². The van der Waals surface area contributed by atoms with Crippen molar-refractivity contribution >= 4 is 29.6 Å². The Labute approximate surface area is 220 Å². The molecule has 0 aliphatic carbocycles. The number of aromatic nitrogens is 2. The summed E-state index contributed by atoms with van der Waals surface area (Å²) in [5, 5.41) is 8.07. The maximum Gasteiger partial charge on any atom is 0.331 e. The Morgan fingerprint density at radius 2 is 1.73 bits per heavy atom. The van der Waals surface area contributed by atoms with E-state index < -0.39 is 5.97 Å². The minimum absolute atomic E-state index is 0.362. The molecule has 0 fully saturated rings. The highest BCUT2D eigenvalue weighted by atomic mass is 35.5. The van der Waals surface area contributed by atoms with Crippen molar-refractivity contribution < 1.29 is 19.1 Å². The largest absolute Gasteiger partial charge is 0.497 e. The number of halogens is 1. The van der Waals surface area contributed by atoms with Gasteiger partial charge in [0.1, 0.15) is 5.75 Å². The van der Waals surface area contributed by atoms with Gasteiger partial charge in [0.05, 0.1) is 18.5 Å². The summed E-state index contributed by atoms with van der Waals surface area (Å²) >= 11 is 6.04. The average Bonchev–Trinajstić information content (AvgIpc) is 3.36. The second kappa shape index (κ2) is 12.6. The number of esters is 1. The summed E-state index contributed by atoms with van der Waals surface area (Å²) in [6.07, 6.45) is 5.40. The minimum atomic E-state index is -0.625. The number of nitrogens with zero attached hydrogens (tertiary/aromatic N) is 2. The number of hydrogen-bond donors (Lipinski definition) is 1. The summed E-state index contributed by atoms with van der Waals surface area (Å²) in [5.74, 6) is -0.214. The molecular weight excluding hydrogens is 490 g/mol. The molecule has 4 rings (SSSR count). The standard InChI is InChI=1S/C29H26ClN3O4/c1-36-26-14-7-21(8-15-26)17-18-31-27(34)20-37-28(35)16-11-23-19-33(25-5-3-2-4-6-25)32-29(23)22-9-12-24(30)13-10-22/h2-16,19H,17-18,20H2,1H3,(H,31,34). The van der Waals surface area contributed by atoms with Gasteiger partial charge in [-0.1, -0.05) is 54.1 Å². The molecule has 0 unspecified atom stereocenters. The fraction of sp³-hybridized carbons (Fsp3) is 0.138. The molecule has 0 saturated heterocycles. The molecule has 8 heteroatoms. The molecule has 0 aliphatic rings. The Balaban J connectivity index is 1.35. The molecule has 1 N–H and O–H groups in total. The Kier molecular flexibility index (Phi) is 8.73. The van der Waals surface area contributed by atoms with Crippen LogP contribution < -0.4 is 10.1 Å². The normalized spacial score (nSPS) is 10.9. The fourth-order valence-corrected chi connectivity index (χ4v) is 3.71. The van der Waals surface area contributed by atoms with Gasteiger partial charge in [0.2, 0.25) is 0 Å². The van der Waals surface area contributed by atoms with Gasteiger partial charge >= 0.3 is 5.97 Å². The van der Waals surface area contributed by atoms with Crippen molar-refractivity contribution in [3.8, 4) is 22.7 Å². The van der Waals surface area contributed by atoms with Crippen LogP contribution in [0.3, 0.4) is 0 Å². The third-order valence-corrected chi connectivity index (χ3v) is 5.77. The van der Waals surface area contributed by atoms with E-state index in [4.69, 9.17) is 26.2 Å². The number of ether oxygens (including phenoxy) is 2.